The Labute approximate surface area is 178 Å². The monoisotopic (exact) mass is 420 g/mol. The van der Waals surface area contributed by atoms with Crippen LogP contribution >= 0.6 is 12.2 Å². The van der Waals surface area contributed by atoms with E-state index < -0.39 is 0 Å². The normalized spacial score (nSPS) is 23.3. The van der Waals surface area contributed by atoms with Crippen molar-refractivity contribution in [2.24, 2.45) is 5.92 Å². The van der Waals surface area contributed by atoms with Crippen LogP contribution in [0.5, 0.6) is 0 Å². The first-order chi connectivity index (χ1) is 14.2. The molecule has 1 unspecified atom stereocenters. The number of morpholine rings is 1. The van der Waals surface area contributed by atoms with Gasteiger partial charge < -0.3 is 29.9 Å². The SMILES string of the molecule is CC1CCN(c2cc(N3CCOCC3)nc(NC(=S)NCC3CCCO3)n2)CC1. The highest BCUT2D eigenvalue weighted by molar-refractivity contribution is 7.80. The molecule has 0 radical (unpaired) electrons. The van der Waals surface area contributed by atoms with E-state index in [9.17, 15) is 0 Å². The maximum atomic E-state index is 5.65. The van der Waals surface area contributed by atoms with Gasteiger partial charge in [0.1, 0.15) is 11.6 Å². The molecule has 9 heteroatoms. The van der Waals surface area contributed by atoms with Crippen LogP contribution in [0.1, 0.15) is 32.6 Å². The molecule has 0 spiro atoms. The first kappa shape index (κ1) is 20.6. The van der Waals surface area contributed by atoms with Gasteiger partial charge in [-0.15, -0.1) is 0 Å². The molecule has 0 aliphatic carbocycles. The third-order valence-corrected chi connectivity index (χ3v) is 6.13. The Bertz CT molecular complexity index is 686. The summed E-state index contributed by atoms with van der Waals surface area (Å²) in [5, 5.41) is 6.98. The van der Waals surface area contributed by atoms with E-state index in [1.165, 1.54) is 12.8 Å². The summed E-state index contributed by atoms with van der Waals surface area (Å²) in [6.45, 7) is 9.07. The highest BCUT2D eigenvalue weighted by Gasteiger charge is 2.21. The molecule has 3 aliphatic rings. The molecule has 8 nitrogen and oxygen atoms in total. The predicted octanol–water partition coefficient (Wildman–Crippen LogP) is 2.01. The number of ether oxygens (including phenoxy) is 2. The van der Waals surface area contributed by atoms with E-state index >= 15 is 0 Å². The molecule has 3 aliphatic heterocycles. The number of hydrogen-bond acceptors (Lipinski definition) is 7. The minimum atomic E-state index is 0.237. The molecule has 29 heavy (non-hydrogen) atoms. The van der Waals surface area contributed by atoms with E-state index in [4.69, 9.17) is 31.7 Å². The number of nitrogens with zero attached hydrogens (tertiary/aromatic N) is 4. The van der Waals surface area contributed by atoms with Crippen molar-refractivity contribution in [1.29, 1.82) is 0 Å². The first-order valence-corrected chi connectivity index (χ1v) is 11.2. The summed E-state index contributed by atoms with van der Waals surface area (Å²) in [7, 11) is 0. The van der Waals surface area contributed by atoms with Crippen LogP contribution in [0.2, 0.25) is 0 Å². The number of aromatic nitrogens is 2. The summed E-state index contributed by atoms with van der Waals surface area (Å²) in [5.41, 5.74) is 0. The van der Waals surface area contributed by atoms with Crippen LogP contribution in [0.4, 0.5) is 17.6 Å². The van der Waals surface area contributed by atoms with Crippen molar-refractivity contribution in [3.8, 4) is 0 Å². The fraction of sp³-hybridized carbons (Fsp3) is 0.750. The minimum Gasteiger partial charge on any atom is -0.378 e. The van der Waals surface area contributed by atoms with Crippen LogP contribution in [0, 0.1) is 5.92 Å². The lowest BCUT2D eigenvalue weighted by Crippen LogP contribution is -2.38. The van der Waals surface area contributed by atoms with E-state index in [1.54, 1.807) is 0 Å². The number of hydrogen-bond donors (Lipinski definition) is 2. The second-order valence-electron chi connectivity index (χ2n) is 8.15. The zero-order valence-electron chi connectivity index (χ0n) is 17.2. The van der Waals surface area contributed by atoms with Crippen molar-refractivity contribution >= 4 is 34.9 Å². The topological polar surface area (TPSA) is 74.8 Å². The number of piperidine rings is 1. The van der Waals surface area contributed by atoms with Crippen LogP contribution < -0.4 is 20.4 Å². The number of thiocarbonyl (C=S) groups is 1. The van der Waals surface area contributed by atoms with E-state index in [0.29, 0.717) is 17.6 Å². The number of anilines is 3. The summed E-state index contributed by atoms with van der Waals surface area (Å²) in [6, 6.07) is 2.11. The molecule has 3 saturated heterocycles. The van der Waals surface area contributed by atoms with Crippen LogP contribution in [0.25, 0.3) is 0 Å². The van der Waals surface area contributed by atoms with Gasteiger partial charge in [-0.25, -0.2) is 0 Å². The van der Waals surface area contributed by atoms with Gasteiger partial charge in [0.05, 0.1) is 19.3 Å². The smallest absolute Gasteiger partial charge is 0.232 e. The average Bonchev–Trinajstić information content (AvgIpc) is 3.27. The Morgan fingerprint density at radius 3 is 2.41 bits per heavy atom. The van der Waals surface area contributed by atoms with Crippen molar-refractivity contribution in [2.75, 3.05) is 67.7 Å². The standard InChI is InChI=1S/C20H32N6O2S/c1-15-4-6-25(7-5-15)17-13-18(26-8-11-27-12-9-26)23-19(22-17)24-20(29)21-14-16-3-2-10-28-16/h13,15-16H,2-12,14H2,1H3,(H2,21,22,23,24,29). The molecule has 160 valence electrons. The van der Waals surface area contributed by atoms with Gasteiger partial charge in [-0.3, -0.25) is 0 Å². The lowest BCUT2D eigenvalue weighted by atomic mass is 9.99. The lowest BCUT2D eigenvalue weighted by Gasteiger charge is -2.33. The number of rotatable bonds is 5. The van der Waals surface area contributed by atoms with Crippen molar-refractivity contribution < 1.29 is 9.47 Å². The first-order valence-electron chi connectivity index (χ1n) is 10.8. The Morgan fingerprint density at radius 1 is 1.07 bits per heavy atom. The molecule has 4 heterocycles. The molecule has 1 atom stereocenters. The van der Waals surface area contributed by atoms with Crippen LogP contribution in [0.3, 0.4) is 0 Å². The molecule has 3 fully saturated rings. The van der Waals surface area contributed by atoms with Gasteiger partial charge in [0.25, 0.3) is 0 Å². The average molecular weight is 421 g/mol. The van der Waals surface area contributed by atoms with E-state index in [2.05, 4.69) is 33.4 Å². The lowest BCUT2D eigenvalue weighted by molar-refractivity contribution is 0.114. The van der Waals surface area contributed by atoms with Gasteiger partial charge in [0.15, 0.2) is 5.11 Å². The highest BCUT2D eigenvalue weighted by Crippen LogP contribution is 2.26. The highest BCUT2D eigenvalue weighted by atomic mass is 32.1. The molecule has 0 aromatic carbocycles. The fourth-order valence-corrected chi connectivity index (χ4v) is 4.16. The molecule has 1 aromatic heterocycles. The second kappa shape index (κ2) is 9.86. The summed E-state index contributed by atoms with van der Waals surface area (Å²) in [5.74, 6) is 3.23. The molecule has 0 bridgehead atoms. The van der Waals surface area contributed by atoms with Crippen LogP contribution in [-0.2, 0) is 9.47 Å². The minimum absolute atomic E-state index is 0.237. The third kappa shape index (κ3) is 5.67. The largest absolute Gasteiger partial charge is 0.378 e. The molecular weight excluding hydrogens is 388 g/mol. The van der Waals surface area contributed by atoms with E-state index in [-0.39, 0.29) is 6.10 Å². The van der Waals surface area contributed by atoms with Crippen LogP contribution in [-0.4, -0.2) is 73.7 Å². The van der Waals surface area contributed by atoms with Gasteiger partial charge in [-0.05, 0) is 43.8 Å². The van der Waals surface area contributed by atoms with Crippen molar-refractivity contribution in [2.45, 2.75) is 38.7 Å². The van der Waals surface area contributed by atoms with Crippen molar-refractivity contribution in [3.63, 3.8) is 0 Å². The Morgan fingerprint density at radius 2 is 1.76 bits per heavy atom. The zero-order chi connectivity index (χ0) is 20.1. The maximum Gasteiger partial charge on any atom is 0.232 e. The van der Waals surface area contributed by atoms with Gasteiger partial charge in [0.2, 0.25) is 5.95 Å². The zero-order valence-corrected chi connectivity index (χ0v) is 18.0. The Kier molecular flexibility index (Phi) is 6.99. The summed E-state index contributed by atoms with van der Waals surface area (Å²) in [6.07, 6.45) is 4.83. The van der Waals surface area contributed by atoms with Gasteiger partial charge in [-0.1, -0.05) is 6.92 Å². The van der Waals surface area contributed by atoms with Gasteiger partial charge in [-0.2, -0.15) is 9.97 Å². The Hall–Kier alpha value is -1.71. The predicted molar refractivity (Wildman–Crippen MR) is 119 cm³/mol. The molecule has 0 amide bonds. The molecule has 2 N–H and O–H groups in total. The third-order valence-electron chi connectivity index (χ3n) is 5.88. The van der Waals surface area contributed by atoms with E-state index in [1.807, 2.05) is 0 Å². The quantitative estimate of drug-likeness (QED) is 0.696. The van der Waals surface area contributed by atoms with Crippen molar-refractivity contribution in [1.82, 2.24) is 15.3 Å². The summed E-state index contributed by atoms with van der Waals surface area (Å²) >= 11 is 5.48. The van der Waals surface area contributed by atoms with Crippen molar-refractivity contribution in [3.05, 3.63) is 6.07 Å². The fourth-order valence-electron chi connectivity index (χ4n) is 3.99. The van der Waals surface area contributed by atoms with E-state index in [0.717, 1.165) is 76.4 Å². The summed E-state index contributed by atoms with van der Waals surface area (Å²) in [4.78, 5) is 14.2. The number of nitrogens with one attached hydrogen (secondary N) is 2. The molecular formula is C20H32N6O2S. The molecule has 0 saturated carbocycles. The van der Waals surface area contributed by atoms with Gasteiger partial charge >= 0.3 is 0 Å². The summed E-state index contributed by atoms with van der Waals surface area (Å²) < 4.78 is 11.2. The second-order valence-corrected chi connectivity index (χ2v) is 8.56. The van der Waals surface area contributed by atoms with Gasteiger partial charge in [0, 0.05) is 45.4 Å². The Balaban J connectivity index is 1.46. The van der Waals surface area contributed by atoms with Crippen LogP contribution in [0.15, 0.2) is 6.07 Å². The molecule has 4 rings (SSSR count). The molecule has 1 aromatic rings. The maximum absolute atomic E-state index is 5.65.